The zero-order valence-electron chi connectivity index (χ0n) is 17.1. The first kappa shape index (κ1) is 21.6. The second-order valence-electron chi connectivity index (χ2n) is 7.42. The van der Waals surface area contributed by atoms with Gasteiger partial charge in [-0.1, -0.05) is 30.3 Å². The molecule has 0 aliphatic carbocycles. The van der Waals surface area contributed by atoms with Crippen molar-refractivity contribution in [2.75, 3.05) is 6.61 Å². The SMILES string of the molecule is CC(C)NC(O)c1cccc([C@@H](CO)NC(=O)c2ccc(-c3ccncc3)cc2)c1. The molecule has 4 N–H and O–H groups in total. The van der Waals surface area contributed by atoms with Gasteiger partial charge in [-0.25, -0.2) is 0 Å². The van der Waals surface area contributed by atoms with Crippen LogP contribution in [-0.4, -0.2) is 33.8 Å². The van der Waals surface area contributed by atoms with Gasteiger partial charge in [0.2, 0.25) is 0 Å². The summed E-state index contributed by atoms with van der Waals surface area (Å²) in [5, 5.41) is 26.0. The Hall–Kier alpha value is -3.06. The summed E-state index contributed by atoms with van der Waals surface area (Å²) >= 11 is 0. The van der Waals surface area contributed by atoms with Crippen LogP contribution in [0.2, 0.25) is 0 Å². The monoisotopic (exact) mass is 405 g/mol. The predicted octanol–water partition coefficient (Wildman–Crippen LogP) is 3.20. The van der Waals surface area contributed by atoms with E-state index >= 15 is 0 Å². The number of hydrogen-bond donors (Lipinski definition) is 4. The smallest absolute Gasteiger partial charge is 0.251 e. The molecule has 6 heteroatoms. The van der Waals surface area contributed by atoms with E-state index in [0.29, 0.717) is 11.1 Å². The summed E-state index contributed by atoms with van der Waals surface area (Å²) in [6.45, 7) is 3.64. The van der Waals surface area contributed by atoms with Gasteiger partial charge in [0, 0.05) is 24.0 Å². The Bertz CT molecular complexity index is 959. The van der Waals surface area contributed by atoms with E-state index in [0.717, 1.165) is 16.7 Å². The highest BCUT2D eigenvalue weighted by molar-refractivity contribution is 5.95. The highest BCUT2D eigenvalue weighted by atomic mass is 16.3. The molecule has 2 atom stereocenters. The number of hydrogen-bond acceptors (Lipinski definition) is 5. The number of benzene rings is 2. The van der Waals surface area contributed by atoms with Gasteiger partial charge in [-0.2, -0.15) is 0 Å². The lowest BCUT2D eigenvalue weighted by Gasteiger charge is -2.20. The number of aromatic nitrogens is 1. The molecule has 1 amide bonds. The number of rotatable bonds is 8. The lowest BCUT2D eigenvalue weighted by molar-refractivity contribution is 0.0916. The van der Waals surface area contributed by atoms with E-state index in [1.54, 1.807) is 42.7 Å². The summed E-state index contributed by atoms with van der Waals surface area (Å²) in [5.41, 5.74) is 3.92. The van der Waals surface area contributed by atoms with Gasteiger partial charge in [0.25, 0.3) is 5.91 Å². The quantitative estimate of drug-likeness (QED) is 0.432. The third kappa shape index (κ3) is 5.51. The summed E-state index contributed by atoms with van der Waals surface area (Å²) < 4.78 is 0. The normalized spacial score (nSPS) is 13.1. The van der Waals surface area contributed by atoms with Crippen LogP contribution < -0.4 is 10.6 Å². The fraction of sp³-hybridized carbons (Fsp3) is 0.250. The molecule has 1 unspecified atom stereocenters. The summed E-state index contributed by atoms with van der Waals surface area (Å²) in [4.78, 5) is 16.7. The van der Waals surface area contributed by atoms with Crippen LogP contribution in [0, 0.1) is 0 Å². The number of nitrogens with one attached hydrogen (secondary N) is 2. The molecule has 0 saturated carbocycles. The summed E-state index contributed by atoms with van der Waals surface area (Å²) in [6, 6.07) is 17.8. The Morgan fingerprint density at radius 2 is 1.60 bits per heavy atom. The molecular weight excluding hydrogens is 378 g/mol. The van der Waals surface area contributed by atoms with Gasteiger partial charge in [-0.15, -0.1) is 0 Å². The molecule has 30 heavy (non-hydrogen) atoms. The third-order valence-corrected chi connectivity index (χ3v) is 4.77. The molecule has 0 aliphatic rings. The van der Waals surface area contributed by atoms with E-state index in [9.17, 15) is 15.0 Å². The number of carbonyl (C=O) groups excluding carboxylic acids is 1. The van der Waals surface area contributed by atoms with Crippen LogP contribution in [0.25, 0.3) is 11.1 Å². The minimum atomic E-state index is -0.819. The molecule has 3 aromatic rings. The minimum Gasteiger partial charge on any atom is -0.394 e. The zero-order valence-corrected chi connectivity index (χ0v) is 17.1. The molecule has 156 valence electrons. The van der Waals surface area contributed by atoms with Gasteiger partial charge in [-0.05, 0) is 66.4 Å². The number of pyridine rings is 1. The molecule has 2 aromatic carbocycles. The maximum atomic E-state index is 12.7. The van der Waals surface area contributed by atoms with Gasteiger partial charge in [0.05, 0.1) is 12.6 Å². The van der Waals surface area contributed by atoms with E-state index in [1.807, 2.05) is 44.2 Å². The Labute approximate surface area is 176 Å². The number of amides is 1. The second kappa shape index (κ2) is 10.1. The van der Waals surface area contributed by atoms with Crippen molar-refractivity contribution in [3.05, 3.63) is 89.7 Å². The highest BCUT2D eigenvalue weighted by Crippen LogP contribution is 2.21. The Morgan fingerprint density at radius 1 is 0.967 bits per heavy atom. The lowest BCUT2D eigenvalue weighted by atomic mass is 10.0. The lowest BCUT2D eigenvalue weighted by Crippen LogP contribution is -2.31. The average molecular weight is 405 g/mol. The van der Waals surface area contributed by atoms with Crippen molar-refractivity contribution < 1.29 is 15.0 Å². The zero-order chi connectivity index (χ0) is 21.5. The first-order valence-electron chi connectivity index (χ1n) is 9.94. The molecule has 0 spiro atoms. The van der Waals surface area contributed by atoms with Gasteiger partial charge < -0.3 is 15.5 Å². The first-order chi connectivity index (χ1) is 14.5. The molecule has 0 aliphatic heterocycles. The van der Waals surface area contributed by atoms with Gasteiger partial charge in [0.15, 0.2) is 0 Å². The van der Waals surface area contributed by atoms with E-state index in [1.165, 1.54) is 0 Å². The number of carbonyl (C=O) groups is 1. The van der Waals surface area contributed by atoms with E-state index < -0.39 is 12.3 Å². The third-order valence-electron chi connectivity index (χ3n) is 4.77. The summed E-state index contributed by atoms with van der Waals surface area (Å²) in [6.07, 6.45) is 2.63. The molecule has 1 aromatic heterocycles. The fourth-order valence-electron chi connectivity index (χ4n) is 3.19. The van der Waals surface area contributed by atoms with Crippen LogP contribution in [-0.2, 0) is 0 Å². The maximum Gasteiger partial charge on any atom is 0.251 e. The molecular formula is C24H27N3O3. The van der Waals surface area contributed by atoms with Crippen molar-refractivity contribution in [2.24, 2.45) is 0 Å². The van der Waals surface area contributed by atoms with Crippen molar-refractivity contribution in [1.82, 2.24) is 15.6 Å². The Kier molecular flexibility index (Phi) is 7.30. The second-order valence-corrected chi connectivity index (χ2v) is 7.42. The topological polar surface area (TPSA) is 94.5 Å². The van der Waals surface area contributed by atoms with Gasteiger partial charge >= 0.3 is 0 Å². The van der Waals surface area contributed by atoms with Crippen LogP contribution in [0.4, 0.5) is 0 Å². The molecule has 3 rings (SSSR count). The van der Waals surface area contributed by atoms with Gasteiger partial charge in [-0.3, -0.25) is 15.1 Å². The van der Waals surface area contributed by atoms with Crippen LogP contribution in [0.5, 0.6) is 0 Å². The van der Waals surface area contributed by atoms with E-state index in [2.05, 4.69) is 15.6 Å². The number of nitrogens with zero attached hydrogens (tertiary/aromatic N) is 1. The summed E-state index contributed by atoms with van der Waals surface area (Å²) in [7, 11) is 0. The molecule has 6 nitrogen and oxygen atoms in total. The predicted molar refractivity (Wildman–Crippen MR) is 117 cm³/mol. The molecule has 1 heterocycles. The summed E-state index contributed by atoms with van der Waals surface area (Å²) in [5.74, 6) is -0.276. The molecule has 0 saturated heterocycles. The van der Waals surface area contributed by atoms with Crippen molar-refractivity contribution in [3.63, 3.8) is 0 Å². The van der Waals surface area contributed by atoms with Crippen LogP contribution in [0.1, 0.15) is 47.6 Å². The number of aliphatic hydroxyl groups is 2. The molecule has 0 bridgehead atoms. The molecule has 0 radical (unpaired) electrons. The molecule has 0 fully saturated rings. The minimum absolute atomic E-state index is 0.118. The van der Waals surface area contributed by atoms with E-state index in [-0.39, 0.29) is 18.6 Å². The largest absolute Gasteiger partial charge is 0.394 e. The Balaban J connectivity index is 1.72. The van der Waals surface area contributed by atoms with Gasteiger partial charge in [0.1, 0.15) is 6.23 Å². The average Bonchev–Trinajstić information content (AvgIpc) is 2.77. The van der Waals surface area contributed by atoms with Crippen LogP contribution >= 0.6 is 0 Å². The Morgan fingerprint density at radius 3 is 2.23 bits per heavy atom. The first-order valence-corrected chi connectivity index (χ1v) is 9.94. The van der Waals surface area contributed by atoms with Crippen molar-refractivity contribution in [2.45, 2.75) is 32.2 Å². The maximum absolute atomic E-state index is 12.7. The van der Waals surface area contributed by atoms with E-state index in [4.69, 9.17) is 0 Å². The van der Waals surface area contributed by atoms with Crippen LogP contribution in [0.15, 0.2) is 73.1 Å². The number of aliphatic hydroxyl groups excluding tert-OH is 2. The van der Waals surface area contributed by atoms with Crippen LogP contribution in [0.3, 0.4) is 0 Å². The standard InChI is InChI=1S/C24H27N3O3/c1-16(2)26-24(30)21-5-3-4-20(14-21)22(15-28)27-23(29)19-8-6-17(7-9-19)18-10-12-25-13-11-18/h3-14,16,22,24,26,28,30H,15H2,1-2H3,(H,27,29)/t22-,24?/m1/s1. The fourth-order valence-corrected chi connectivity index (χ4v) is 3.19. The van der Waals surface area contributed by atoms with Crippen molar-refractivity contribution in [3.8, 4) is 11.1 Å². The van der Waals surface area contributed by atoms with Crippen molar-refractivity contribution in [1.29, 1.82) is 0 Å². The highest BCUT2D eigenvalue weighted by Gasteiger charge is 2.17. The van der Waals surface area contributed by atoms with Crippen molar-refractivity contribution >= 4 is 5.91 Å².